The number of amides is 1. The average molecular weight is 426 g/mol. The lowest BCUT2D eigenvalue weighted by Crippen LogP contribution is -2.49. The predicted octanol–water partition coefficient (Wildman–Crippen LogP) is 5.55. The van der Waals surface area contributed by atoms with Crippen LogP contribution in [0.4, 0.5) is 18.9 Å². The van der Waals surface area contributed by atoms with E-state index in [1.165, 1.54) is 18.2 Å². The molecule has 1 atom stereocenters. The first-order valence-electron chi connectivity index (χ1n) is 7.35. The Balaban J connectivity index is 2.29. The van der Waals surface area contributed by atoms with Gasteiger partial charge in [-0.15, -0.1) is 0 Å². The summed E-state index contributed by atoms with van der Waals surface area (Å²) in [6, 6.07) is 11.3. The summed E-state index contributed by atoms with van der Waals surface area (Å²) in [5.41, 5.74) is -0.140. The first-order valence-corrected chi connectivity index (χ1v) is 8.49. The smallest absolute Gasteiger partial charge is 0.361 e. The molecule has 3 nitrogen and oxygen atoms in total. The van der Waals surface area contributed by atoms with Crippen molar-refractivity contribution in [3.05, 3.63) is 65.2 Å². The van der Waals surface area contributed by atoms with Crippen molar-refractivity contribution in [1.82, 2.24) is 5.32 Å². The summed E-state index contributed by atoms with van der Waals surface area (Å²) in [6.45, 7) is 1.79. The van der Waals surface area contributed by atoms with Crippen LogP contribution >= 0.6 is 34.8 Å². The molecule has 1 amide bonds. The van der Waals surface area contributed by atoms with Crippen molar-refractivity contribution in [1.29, 1.82) is 0 Å². The summed E-state index contributed by atoms with van der Waals surface area (Å²) in [5, 5.41) is 4.88. The molecule has 2 aromatic carbocycles. The Morgan fingerprint density at radius 3 is 2.27 bits per heavy atom. The van der Waals surface area contributed by atoms with Crippen molar-refractivity contribution < 1.29 is 18.0 Å². The van der Waals surface area contributed by atoms with Crippen LogP contribution in [0, 0.1) is 6.92 Å². The van der Waals surface area contributed by atoms with E-state index >= 15 is 0 Å². The van der Waals surface area contributed by atoms with Crippen molar-refractivity contribution in [2.75, 3.05) is 5.32 Å². The van der Waals surface area contributed by atoms with Gasteiger partial charge in [-0.3, -0.25) is 4.79 Å². The molecule has 0 saturated carbocycles. The van der Waals surface area contributed by atoms with E-state index in [1.807, 2.05) is 0 Å². The second-order valence-electron chi connectivity index (χ2n) is 5.51. The molecule has 140 valence electrons. The normalized spacial score (nSPS) is 13.2. The highest BCUT2D eigenvalue weighted by molar-refractivity contribution is 6.68. The molecule has 2 aromatic rings. The fraction of sp³-hybridized carbons (Fsp3) is 0.235. The quantitative estimate of drug-likeness (QED) is 0.498. The zero-order valence-corrected chi connectivity index (χ0v) is 15.6. The molecule has 2 N–H and O–H groups in total. The third kappa shape index (κ3) is 5.43. The zero-order chi connectivity index (χ0) is 19.5. The second kappa shape index (κ2) is 7.94. The Morgan fingerprint density at radius 1 is 1.04 bits per heavy atom. The molecular weight excluding hydrogens is 412 g/mol. The number of halogens is 6. The molecule has 0 aromatic heterocycles. The topological polar surface area (TPSA) is 41.1 Å². The summed E-state index contributed by atoms with van der Waals surface area (Å²) < 4.78 is 37.3. The molecule has 0 heterocycles. The fourth-order valence-electron chi connectivity index (χ4n) is 2.21. The lowest BCUT2D eigenvalue weighted by atomic mass is 10.1. The first kappa shape index (κ1) is 20.7. The monoisotopic (exact) mass is 424 g/mol. The van der Waals surface area contributed by atoms with Crippen LogP contribution in [0.1, 0.15) is 21.5 Å². The van der Waals surface area contributed by atoms with Crippen molar-refractivity contribution in [2.24, 2.45) is 0 Å². The third-order valence-corrected chi connectivity index (χ3v) is 4.07. The summed E-state index contributed by atoms with van der Waals surface area (Å²) in [6.07, 6.45) is -6.01. The Kier molecular flexibility index (Phi) is 6.32. The summed E-state index contributed by atoms with van der Waals surface area (Å²) in [7, 11) is 0. The van der Waals surface area contributed by atoms with Gasteiger partial charge in [0, 0.05) is 11.3 Å². The maximum Gasteiger partial charge on any atom is 0.418 e. The highest BCUT2D eigenvalue weighted by Gasteiger charge is 2.38. The molecule has 0 aliphatic carbocycles. The molecule has 0 saturated heterocycles. The molecule has 0 aliphatic rings. The minimum absolute atomic E-state index is 0.287. The average Bonchev–Trinajstić information content (AvgIpc) is 2.52. The van der Waals surface area contributed by atoms with Gasteiger partial charge in [-0.25, -0.2) is 0 Å². The van der Waals surface area contributed by atoms with Crippen molar-refractivity contribution in [3.63, 3.8) is 0 Å². The SMILES string of the molecule is Cc1cccc(C(=O)NC(Nc2ccccc2C(F)(F)F)C(Cl)(Cl)Cl)c1. The standard InChI is InChI=1S/C17H14Cl3F3N2O/c1-10-5-4-6-11(9-10)14(26)25-15(16(18,19)20)24-13-8-3-2-7-12(13)17(21,22)23/h2-9,15,24H,1H3,(H,25,26). The van der Waals surface area contributed by atoms with Gasteiger partial charge in [0.1, 0.15) is 6.17 Å². The number of rotatable bonds is 4. The number of benzene rings is 2. The van der Waals surface area contributed by atoms with Gasteiger partial charge in [0.15, 0.2) is 0 Å². The van der Waals surface area contributed by atoms with E-state index < -0.39 is 27.6 Å². The first-order chi connectivity index (χ1) is 12.0. The highest BCUT2D eigenvalue weighted by atomic mass is 35.6. The Labute approximate surface area is 163 Å². The van der Waals surface area contributed by atoms with Gasteiger partial charge in [0.2, 0.25) is 3.79 Å². The molecule has 9 heteroatoms. The van der Waals surface area contributed by atoms with Crippen LogP contribution in [0.5, 0.6) is 0 Å². The van der Waals surface area contributed by atoms with Gasteiger partial charge in [-0.05, 0) is 31.2 Å². The lowest BCUT2D eigenvalue weighted by molar-refractivity contribution is -0.137. The number of nitrogens with one attached hydrogen (secondary N) is 2. The zero-order valence-electron chi connectivity index (χ0n) is 13.4. The van der Waals surface area contributed by atoms with Crippen LogP contribution < -0.4 is 10.6 Å². The Bertz CT molecular complexity index is 791. The van der Waals surface area contributed by atoms with Crippen LogP contribution in [0.25, 0.3) is 0 Å². The predicted molar refractivity (Wildman–Crippen MR) is 97.8 cm³/mol. The van der Waals surface area contributed by atoms with Gasteiger partial charge in [-0.2, -0.15) is 13.2 Å². The van der Waals surface area contributed by atoms with Crippen LogP contribution in [0.3, 0.4) is 0 Å². The maximum absolute atomic E-state index is 13.1. The molecular formula is C17H14Cl3F3N2O. The molecule has 0 bridgehead atoms. The van der Waals surface area contributed by atoms with E-state index in [0.717, 1.165) is 11.6 Å². The Hall–Kier alpha value is -1.63. The van der Waals surface area contributed by atoms with E-state index in [0.29, 0.717) is 0 Å². The van der Waals surface area contributed by atoms with E-state index in [1.54, 1.807) is 31.2 Å². The largest absolute Gasteiger partial charge is 0.418 e. The summed E-state index contributed by atoms with van der Waals surface area (Å²) in [5.74, 6) is -0.595. The summed E-state index contributed by atoms with van der Waals surface area (Å²) >= 11 is 17.6. The van der Waals surface area contributed by atoms with Gasteiger partial charge in [0.25, 0.3) is 5.91 Å². The van der Waals surface area contributed by atoms with Crippen LogP contribution in [0.2, 0.25) is 0 Å². The van der Waals surface area contributed by atoms with Crippen molar-refractivity contribution in [2.45, 2.75) is 23.1 Å². The van der Waals surface area contributed by atoms with Gasteiger partial charge < -0.3 is 10.6 Å². The number of alkyl halides is 6. The number of hydrogen-bond donors (Lipinski definition) is 2. The number of carbonyl (C=O) groups excluding carboxylic acids is 1. The number of para-hydroxylation sites is 1. The van der Waals surface area contributed by atoms with Crippen LogP contribution in [-0.2, 0) is 6.18 Å². The minimum atomic E-state index is -4.61. The van der Waals surface area contributed by atoms with Crippen LogP contribution in [-0.4, -0.2) is 15.9 Å². The number of carbonyl (C=O) groups is 1. The maximum atomic E-state index is 13.1. The lowest BCUT2D eigenvalue weighted by Gasteiger charge is -2.28. The molecule has 1 unspecified atom stereocenters. The highest BCUT2D eigenvalue weighted by Crippen LogP contribution is 2.37. The van der Waals surface area contributed by atoms with Gasteiger partial charge >= 0.3 is 6.18 Å². The molecule has 0 aliphatic heterocycles. The van der Waals surface area contributed by atoms with Crippen molar-refractivity contribution >= 4 is 46.4 Å². The minimum Gasteiger partial charge on any atom is -0.361 e. The van der Waals surface area contributed by atoms with Gasteiger partial charge in [0.05, 0.1) is 5.56 Å². The second-order valence-corrected chi connectivity index (χ2v) is 7.87. The number of aryl methyl sites for hydroxylation is 1. The third-order valence-electron chi connectivity index (χ3n) is 3.42. The molecule has 26 heavy (non-hydrogen) atoms. The van der Waals surface area contributed by atoms with E-state index in [4.69, 9.17) is 34.8 Å². The molecule has 0 spiro atoms. The molecule has 0 radical (unpaired) electrons. The van der Waals surface area contributed by atoms with Crippen molar-refractivity contribution in [3.8, 4) is 0 Å². The van der Waals surface area contributed by atoms with E-state index in [9.17, 15) is 18.0 Å². The van der Waals surface area contributed by atoms with E-state index in [-0.39, 0.29) is 11.3 Å². The van der Waals surface area contributed by atoms with E-state index in [2.05, 4.69) is 10.6 Å². The molecule has 0 fully saturated rings. The van der Waals surface area contributed by atoms with Crippen LogP contribution in [0.15, 0.2) is 48.5 Å². The van der Waals surface area contributed by atoms with Gasteiger partial charge in [-0.1, -0.05) is 64.6 Å². The number of hydrogen-bond acceptors (Lipinski definition) is 2. The summed E-state index contributed by atoms with van der Waals surface area (Å²) in [4.78, 5) is 12.4. The Morgan fingerprint density at radius 2 is 1.69 bits per heavy atom. The fourth-order valence-corrected chi connectivity index (χ4v) is 2.54. The number of anilines is 1. The molecule has 2 rings (SSSR count).